The first-order valence-electron chi connectivity index (χ1n) is 3.62. The maximum absolute atomic E-state index is 11.1. The van der Waals surface area contributed by atoms with Gasteiger partial charge in [-0.25, -0.2) is 4.79 Å². The second-order valence-electron chi connectivity index (χ2n) is 2.29. The molecule has 1 heterocycles. The van der Waals surface area contributed by atoms with Crippen LogP contribution in [-0.4, -0.2) is 18.0 Å². The molecule has 0 saturated heterocycles. The quantitative estimate of drug-likeness (QED) is 0.436. The van der Waals surface area contributed by atoms with E-state index in [9.17, 15) is 14.9 Å². The van der Waals surface area contributed by atoms with Crippen LogP contribution < -0.4 is 0 Å². The summed E-state index contributed by atoms with van der Waals surface area (Å²) in [6, 6.07) is 1.57. The van der Waals surface area contributed by atoms with Gasteiger partial charge in [-0.15, -0.1) is 11.3 Å². The zero-order valence-electron chi connectivity index (χ0n) is 7.30. The predicted molar refractivity (Wildman–Crippen MR) is 51.7 cm³/mol. The molecule has 1 aromatic rings. The van der Waals surface area contributed by atoms with Crippen molar-refractivity contribution in [1.29, 1.82) is 0 Å². The van der Waals surface area contributed by atoms with Gasteiger partial charge in [0.2, 0.25) is 6.20 Å². The first kappa shape index (κ1) is 10.4. The third kappa shape index (κ3) is 2.40. The van der Waals surface area contributed by atoms with E-state index in [1.165, 1.54) is 24.5 Å². The molecule has 0 aliphatic carbocycles. The molecule has 1 rings (SSSR count). The minimum atomic E-state index is -0.583. The van der Waals surface area contributed by atoms with Crippen molar-refractivity contribution in [2.75, 3.05) is 7.11 Å². The molecule has 0 amide bonds. The summed E-state index contributed by atoms with van der Waals surface area (Å²) in [5.41, 5.74) is 0.343. The number of ether oxygens (including phenoxy) is 1. The Hall–Kier alpha value is -1.69. The number of carbonyl (C=O) groups is 1. The van der Waals surface area contributed by atoms with Crippen LogP contribution in [0.5, 0.6) is 0 Å². The van der Waals surface area contributed by atoms with E-state index in [0.29, 0.717) is 10.4 Å². The average molecular weight is 213 g/mol. The van der Waals surface area contributed by atoms with Crippen molar-refractivity contribution in [1.82, 2.24) is 0 Å². The molecule has 6 heteroatoms. The number of carbonyl (C=O) groups excluding carboxylic acids is 1. The fourth-order valence-electron chi connectivity index (χ4n) is 0.857. The maximum atomic E-state index is 11.1. The molecule has 0 spiro atoms. The van der Waals surface area contributed by atoms with Crippen molar-refractivity contribution in [2.24, 2.45) is 0 Å². The van der Waals surface area contributed by atoms with E-state index in [2.05, 4.69) is 4.74 Å². The van der Waals surface area contributed by atoms with E-state index in [4.69, 9.17) is 0 Å². The van der Waals surface area contributed by atoms with Crippen LogP contribution in [0.3, 0.4) is 0 Å². The number of thiophene rings is 1. The van der Waals surface area contributed by atoms with Gasteiger partial charge in [0.15, 0.2) is 0 Å². The third-order valence-electron chi connectivity index (χ3n) is 1.45. The number of nitro groups is 1. The van der Waals surface area contributed by atoms with Gasteiger partial charge in [-0.2, -0.15) is 0 Å². The van der Waals surface area contributed by atoms with Crippen LogP contribution >= 0.6 is 11.3 Å². The van der Waals surface area contributed by atoms with Crippen molar-refractivity contribution >= 4 is 23.4 Å². The normalized spacial score (nSPS) is 10.4. The van der Waals surface area contributed by atoms with Crippen LogP contribution in [0.2, 0.25) is 0 Å². The summed E-state index contributed by atoms with van der Waals surface area (Å²) in [5, 5.41) is 11.7. The smallest absolute Gasteiger partial charge is 0.339 e. The standard InChI is InChI=1S/C8H7NO4S/c1-13-8(10)6-3-5-14-7(6)2-4-9(11)12/h2-5H,1H3/b4-2-. The molecule has 14 heavy (non-hydrogen) atoms. The van der Waals surface area contributed by atoms with Crippen LogP contribution in [0.15, 0.2) is 17.6 Å². The highest BCUT2D eigenvalue weighted by atomic mass is 32.1. The largest absolute Gasteiger partial charge is 0.465 e. The summed E-state index contributed by atoms with van der Waals surface area (Å²) in [4.78, 5) is 21.1. The van der Waals surface area contributed by atoms with Gasteiger partial charge < -0.3 is 4.74 Å². The molecule has 5 nitrogen and oxygen atoms in total. The molecule has 0 N–H and O–H groups in total. The molecule has 0 aromatic carbocycles. The number of hydrogen-bond donors (Lipinski definition) is 0. The molecule has 74 valence electrons. The van der Waals surface area contributed by atoms with E-state index >= 15 is 0 Å². The van der Waals surface area contributed by atoms with E-state index < -0.39 is 10.9 Å². The van der Waals surface area contributed by atoms with Gasteiger partial charge in [0.1, 0.15) is 0 Å². The number of nitrogens with zero attached hydrogens (tertiary/aromatic N) is 1. The van der Waals surface area contributed by atoms with Gasteiger partial charge in [0, 0.05) is 11.0 Å². The lowest BCUT2D eigenvalue weighted by Crippen LogP contribution is -2.00. The molecule has 0 unspecified atom stereocenters. The van der Waals surface area contributed by atoms with Crippen molar-refractivity contribution in [3.8, 4) is 0 Å². The Morgan fingerprint density at radius 1 is 1.71 bits per heavy atom. The summed E-state index contributed by atoms with van der Waals surface area (Å²) in [5.74, 6) is -0.491. The summed E-state index contributed by atoms with van der Waals surface area (Å²) >= 11 is 1.24. The first-order chi connectivity index (χ1) is 6.65. The Morgan fingerprint density at radius 2 is 2.43 bits per heavy atom. The van der Waals surface area contributed by atoms with Gasteiger partial charge >= 0.3 is 5.97 Å². The lowest BCUT2D eigenvalue weighted by molar-refractivity contribution is -0.400. The lowest BCUT2D eigenvalue weighted by atomic mass is 10.2. The Balaban J connectivity index is 2.93. The summed E-state index contributed by atoms with van der Waals surface area (Å²) in [7, 11) is 1.26. The molecule has 0 radical (unpaired) electrons. The molecule has 1 aromatic heterocycles. The molecule has 0 aliphatic rings. The molecular weight excluding hydrogens is 206 g/mol. The Labute approximate surface area is 83.8 Å². The fraction of sp³-hybridized carbons (Fsp3) is 0.125. The molecule has 0 fully saturated rings. The van der Waals surface area contributed by atoms with Crippen LogP contribution in [-0.2, 0) is 4.74 Å². The van der Waals surface area contributed by atoms with Gasteiger partial charge in [-0.1, -0.05) is 0 Å². The zero-order chi connectivity index (χ0) is 10.6. The van der Waals surface area contributed by atoms with Crippen LogP contribution in [0.4, 0.5) is 0 Å². The highest BCUT2D eigenvalue weighted by Crippen LogP contribution is 2.19. The van der Waals surface area contributed by atoms with Crippen LogP contribution in [0, 0.1) is 10.1 Å². The second kappa shape index (κ2) is 4.52. The highest BCUT2D eigenvalue weighted by Gasteiger charge is 2.11. The fourth-order valence-corrected chi connectivity index (χ4v) is 1.63. The number of rotatable bonds is 3. The molecule has 0 saturated carbocycles. The summed E-state index contributed by atoms with van der Waals surface area (Å²) in [6.07, 6.45) is 2.06. The number of esters is 1. The van der Waals surface area contributed by atoms with Gasteiger partial charge in [0.25, 0.3) is 0 Å². The Kier molecular flexibility index (Phi) is 3.35. The molecule has 0 aliphatic heterocycles. The molecule has 0 atom stereocenters. The van der Waals surface area contributed by atoms with E-state index in [1.807, 2.05) is 0 Å². The van der Waals surface area contributed by atoms with Crippen molar-refractivity contribution in [2.45, 2.75) is 0 Å². The number of methoxy groups -OCH3 is 1. The van der Waals surface area contributed by atoms with E-state index in [-0.39, 0.29) is 0 Å². The van der Waals surface area contributed by atoms with Crippen molar-refractivity contribution < 1.29 is 14.5 Å². The molecular formula is C8H7NO4S. The Bertz CT molecular complexity index is 382. The maximum Gasteiger partial charge on any atom is 0.339 e. The van der Waals surface area contributed by atoms with Gasteiger partial charge in [-0.3, -0.25) is 10.1 Å². The minimum Gasteiger partial charge on any atom is -0.465 e. The topological polar surface area (TPSA) is 69.4 Å². The monoisotopic (exact) mass is 213 g/mol. The minimum absolute atomic E-state index is 0.343. The average Bonchev–Trinajstić information content (AvgIpc) is 2.61. The van der Waals surface area contributed by atoms with E-state index in [0.717, 1.165) is 6.20 Å². The summed E-state index contributed by atoms with van der Waals surface area (Å²) < 4.78 is 4.51. The Morgan fingerprint density at radius 3 is 3.00 bits per heavy atom. The highest BCUT2D eigenvalue weighted by molar-refractivity contribution is 7.11. The number of hydrogen-bond acceptors (Lipinski definition) is 5. The van der Waals surface area contributed by atoms with Crippen molar-refractivity contribution in [3.05, 3.63) is 38.2 Å². The first-order valence-corrected chi connectivity index (χ1v) is 4.50. The third-order valence-corrected chi connectivity index (χ3v) is 2.33. The summed E-state index contributed by atoms with van der Waals surface area (Å²) in [6.45, 7) is 0. The van der Waals surface area contributed by atoms with Gasteiger partial charge in [0.05, 0.1) is 17.6 Å². The van der Waals surface area contributed by atoms with Crippen LogP contribution in [0.25, 0.3) is 6.08 Å². The van der Waals surface area contributed by atoms with Gasteiger partial charge in [-0.05, 0) is 11.4 Å². The van der Waals surface area contributed by atoms with E-state index in [1.54, 1.807) is 11.4 Å². The van der Waals surface area contributed by atoms with Crippen molar-refractivity contribution in [3.63, 3.8) is 0 Å². The zero-order valence-corrected chi connectivity index (χ0v) is 8.11. The second-order valence-corrected chi connectivity index (χ2v) is 3.24. The molecule has 0 bridgehead atoms. The lowest BCUT2D eigenvalue weighted by Gasteiger charge is -1.95. The SMILES string of the molecule is COC(=O)c1ccsc1/C=C\[N+](=O)[O-]. The van der Waals surface area contributed by atoms with Crippen LogP contribution in [0.1, 0.15) is 15.2 Å². The predicted octanol–water partition coefficient (Wildman–Crippen LogP) is 1.78.